The zero-order valence-electron chi connectivity index (χ0n) is 42.1. The summed E-state index contributed by atoms with van der Waals surface area (Å²) in [5.74, 6) is -3.57. The molecule has 0 bridgehead atoms. The molecule has 0 heterocycles. The fourth-order valence-corrected chi connectivity index (χ4v) is 10.4. The van der Waals surface area contributed by atoms with Crippen LogP contribution in [0.1, 0.15) is 296 Å². The second-order valence-electron chi connectivity index (χ2n) is 20.7. The summed E-state index contributed by atoms with van der Waals surface area (Å²) in [6, 6.07) is 0. The van der Waals surface area contributed by atoms with Gasteiger partial charge in [-0.25, -0.2) is 0 Å². The first-order valence-electron chi connectivity index (χ1n) is 28.0. The molecule has 0 radical (unpaired) electrons. The predicted octanol–water partition coefficient (Wildman–Crippen LogP) is 12.7. The van der Waals surface area contributed by atoms with Crippen LogP contribution in [0.4, 0.5) is 0 Å². The minimum absolute atomic E-state index is 0.0403. The van der Waals surface area contributed by atoms with Crippen LogP contribution in [0.3, 0.4) is 0 Å². The van der Waals surface area contributed by atoms with Gasteiger partial charge in [-0.1, -0.05) is 206 Å². The fraction of sp³-hybridized carbons (Fsp3) is 0.929. The van der Waals surface area contributed by atoms with E-state index in [9.17, 15) is 34.5 Å². The highest BCUT2D eigenvalue weighted by atomic mass is 16.4. The van der Waals surface area contributed by atoms with Gasteiger partial charge in [0.25, 0.3) is 0 Å². The maximum Gasteiger partial charge on any atom is 0.222 e. The number of rotatable bonds is 42. The first-order valence-corrected chi connectivity index (χ1v) is 28.0. The number of hydrogen-bond donors (Lipinski definition) is 0. The van der Waals surface area contributed by atoms with E-state index in [0.717, 1.165) is 38.8 Å². The smallest absolute Gasteiger partial charge is 0.222 e. The number of carbonyl (C=O) groups excluding carboxylic acids is 4. The summed E-state index contributed by atoms with van der Waals surface area (Å²) in [5, 5.41) is 35.0. The topological polar surface area (TPSA) is 141 Å². The third-order valence-electron chi connectivity index (χ3n) is 14.7. The molecule has 1 amide bonds. The molecule has 0 aliphatic heterocycles. The van der Waals surface area contributed by atoms with Crippen molar-refractivity contribution in [2.45, 2.75) is 296 Å². The van der Waals surface area contributed by atoms with Crippen LogP contribution in [-0.2, 0) is 19.2 Å². The van der Waals surface area contributed by atoms with Gasteiger partial charge in [0, 0.05) is 37.4 Å². The molecule has 1 fully saturated rings. The fourth-order valence-electron chi connectivity index (χ4n) is 10.4. The van der Waals surface area contributed by atoms with Crippen molar-refractivity contribution in [2.24, 2.45) is 23.7 Å². The molecule has 1 rings (SSSR count). The number of amides is 1. The first-order chi connectivity index (χ1) is 31.1. The van der Waals surface area contributed by atoms with E-state index in [1.807, 2.05) is 0 Å². The van der Waals surface area contributed by atoms with Crippen molar-refractivity contribution in [2.75, 3.05) is 13.1 Å². The summed E-state index contributed by atoms with van der Waals surface area (Å²) in [6.07, 6.45) is 47.2. The number of aliphatic carboxylic acids is 3. The van der Waals surface area contributed by atoms with Crippen LogP contribution >= 0.6 is 0 Å². The van der Waals surface area contributed by atoms with Crippen molar-refractivity contribution in [1.82, 2.24) is 4.90 Å². The van der Waals surface area contributed by atoms with Gasteiger partial charge in [-0.2, -0.15) is 0 Å². The van der Waals surface area contributed by atoms with Crippen LogP contribution in [-0.4, -0.2) is 41.8 Å². The van der Waals surface area contributed by atoms with Crippen LogP contribution in [0.2, 0.25) is 0 Å². The SMILES string of the molecule is CCCCCCCCCCCCCCCCCCN(CCCCCCCCCCCCCCCCCC)C(=O)CC1CCC(CC(=O)[O-])CCC(CC(=O)[O-])CCC(CC(=O)[O-])CC1. The summed E-state index contributed by atoms with van der Waals surface area (Å²) < 4.78 is 0. The molecule has 0 spiro atoms. The molecule has 2 unspecified atom stereocenters. The van der Waals surface area contributed by atoms with Gasteiger partial charge >= 0.3 is 0 Å². The Morgan fingerprint density at radius 1 is 0.312 bits per heavy atom. The molecule has 1 aliphatic carbocycles. The predicted molar refractivity (Wildman–Crippen MR) is 260 cm³/mol. The van der Waals surface area contributed by atoms with Crippen molar-refractivity contribution in [3.8, 4) is 0 Å². The average molecular weight is 901 g/mol. The number of carboxylic acid groups (broad SMARTS) is 3. The van der Waals surface area contributed by atoms with Crippen molar-refractivity contribution in [1.29, 1.82) is 0 Å². The number of unbranched alkanes of at least 4 members (excludes halogenated alkanes) is 30. The molecule has 8 nitrogen and oxygen atoms in total. The zero-order chi connectivity index (χ0) is 46.7. The number of carbonyl (C=O) groups is 4. The molecule has 0 aromatic rings. The third kappa shape index (κ3) is 38.0. The molecule has 1 aliphatic rings. The van der Waals surface area contributed by atoms with E-state index < -0.39 is 17.9 Å². The Morgan fingerprint density at radius 3 is 0.703 bits per heavy atom. The van der Waals surface area contributed by atoms with Crippen molar-refractivity contribution >= 4 is 23.8 Å². The van der Waals surface area contributed by atoms with E-state index in [-0.39, 0.29) is 48.8 Å². The van der Waals surface area contributed by atoms with Gasteiger partial charge in [0.15, 0.2) is 0 Å². The van der Waals surface area contributed by atoms with E-state index in [1.54, 1.807) is 0 Å². The minimum Gasteiger partial charge on any atom is -0.550 e. The zero-order valence-corrected chi connectivity index (χ0v) is 42.1. The average Bonchev–Trinajstić information content (AvgIpc) is 3.25. The molecule has 0 saturated heterocycles. The molecular weight excluding hydrogens is 799 g/mol. The Bertz CT molecular complexity index is 1040. The van der Waals surface area contributed by atoms with Crippen molar-refractivity contribution < 1.29 is 34.5 Å². The highest BCUT2D eigenvalue weighted by Gasteiger charge is 2.25. The molecular formula is C56H102NO7-3. The number of nitrogens with zero attached hydrogens (tertiary/aromatic N) is 1. The number of hydrogen-bond acceptors (Lipinski definition) is 7. The lowest BCUT2D eigenvalue weighted by Crippen LogP contribution is -2.34. The van der Waals surface area contributed by atoms with E-state index in [4.69, 9.17) is 0 Å². The second-order valence-corrected chi connectivity index (χ2v) is 20.7. The van der Waals surface area contributed by atoms with Crippen LogP contribution < -0.4 is 15.3 Å². The van der Waals surface area contributed by atoms with Crippen molar-refractivity contribution in [3.63, 3.8) is 0 Å². The lowest BCUT2D eigenvalue weighted by molar-refractivity contribution is -0.309. The second kappa shape index (κ2) is 43.5. The van der Waals surface area contributed by atoms with Crippen LogP contribution in [0.15, 0.2) is 0 Å². The molecule has 0 N–H and O–H groups in total. The van der Waals surface area contributed by atoms with Crippen LogP contribution in [0.5, 0.6) is 0 Å². The van der Waals surface area contributed by atoms with E-state index in [2.05, 4.69) is 18.7 Å². The largest absolute Gasteiger partial charge is 0.550 e. The molecule has 1 saturated carbocycles. The quantitative estimate of drug-likeness (QED) is 0.0555. The van der Waals surface area contributed by atoms with Gasteiger partial charge in [0.05, 0.1) is 0 Å². The summed E-state index contributed by atoms with van der Waals surface area (Å²) >= 11 is 0. The summed E-state index contributed by atoms with van der Waals surface area (Å²) in [4.78, 5) is 51.3. The van der Waals surface area contributed by atoms with Crippen LogP contribution in [0.25, 0.3) is 0 Å². The molecule has 0 aromatic heterocycles. The van der Waals surface area contributed by atoms with Gasteiger partial charge in [-0.3, -0.25) is 4.79 Å². The van der Waals surface area contributed by atoms with Gasteiger partial charge in [-0.05, 0) is 107 Å². The minimum atomic E-state index is -1.13. The Hall–Kier alpha value is -2.12. The summed E-state index contributed by atoms with van der Waals surface area (Å²) in [7, 11) is 0. The van der Waals surface area contributed by atoms with Crippen molar-refractivity contribution in [3.05, 3.63) is 0 Å². The Kier molecular flexibility index (Phi) is 40.7. The molecule has 0 aromatic carbocycles. The lowest BCUT2D eigenvalue weighted by atomic mass is 9.79. The molecule has 376 valence electrons. The maximum absolute atomic E-state index is 14.2. The summed E-state index contributed by atoms with van der Waals surface area (Å²) in [6.45, 7) is 6.11. The monoisotopic (exact) mass is 901 g/mol. The first kappa shape index (κ1) is 59.9. The number of carboxylic acids is 3. The van der Waals surface area contributed by atoms with Gasteiger partial charge in [-0.15, -0.1) is 0 Å². The maximum atomic E-state index is 14.2. The Labute approximate surface area is 395 Å². The lowest BCUT2D eigenvalue weighted by Gasteiger charge is -2.30. The normalized spacial score (nSPS) is 18.6. The van der Waals surface area contributed by atoms with Crippen LogP contribution in [0, 0.1) is 23.7 Å². The Morgan fingerprint density at radius 2 is 0.500 bits per heavy atom. The molecule has 64 heavy (non-hydrogen) atoms. The molecule has 8 heteroatoms. The Balaban J connectivity index is 2.69. The highest BCUT2D eigenvalue weighted by Crippen LogP contribution is 2.33. The van der Waals surface area contributed by atoms with E-state index in [0.29, 0.717) is 57.8 Å². The summed E-state index contributed by atoms with van der Waals surface area (Å²) in [5.41, 5.74) is 0. The molecule has 2 atom stereocenters. The highest BCUT2D eigenvalue weighted by molar-refractivity contribution is 5.76. The van der Waals surface area contributed by atoms with E-state index in [1.165, 1.54) is 180 Å². The van der Waals surface area contributed by atoms with E-state index >= 15 is 0 Å². The van der Waals surface area contributed by atoms with Gasteiger partial charge < -0.3 is 34.6 Å². The third-order valence-corrected chi connectivity index (χ3v) is 14.7. The standard InChI is InChI=1S/C56H105NO7/c1-3-5-7-9-11-13-15-17-19-21-23-25-27-29-31-33-43-57(44-34-32-30-28-26-24-22-20-18-16-14-12-10-8-6-4-2)53(58)45-49-35-37-50(46-54(59)60)39-41-52(48-56(63)64)42-40-51(38-36-49)47-55(61)62/h49-52H,3-48H2,1-2H3,(H,59,60)(H,61,62)(H,63,64)/p-3. The van der Waals surface area contributed by atoms with Gasteiger partial charge in [0.1, 0.15) is 0 Å². The van der Waals surface area contributed by atoms with Gasteiger partial charge in [0.2, 0.25) is 5.91 Å².